The number of benzene rings is 2. The maximum atomic E-state index is 13.7. The molecule has 2 aromatic carbocycles. The van der Waals surface area contributed by atoms with Gasteiger partial charge in [-0.1, -0.05) is 36.4 Å². The molecule has 0 spiro atoms. The van der Waals surface area contributed by atoms with Crippen LogP contribution in [0.3, 0.4) is 0 Å². The molecular weight excluding hydrogens is 439 g/mol. The molecule has 1 atom stereocenters. The van der Waals surface area contributed by atoms with Gasteiger partial charge in [0.05, 0.1) is 11.4 Å². The summed E-state index contributed by atoms with van der Waals surface area (Å²) in [5.74, 6) is -1.09. The Labute approximate surface area is 194 Å². The van der Waals surface area contributed by atoms with Gasteiger partial charge in [-0.15, -0.1) is 11.3 Å². The molecule has 6 nitrogen and oxygen atoms in total. The lowest BCUT2D eigenvalue weighted by Gasteiger charge is -2.43. The predicted octanol–water partition coefficient (Wildman–Crippen LogP) is 4.49. The zero-order chi connectivity index (χ0) is 23.0. The first-order chi connectivity index (χ1) is 16.0. The summed E-state index contributed by atoms with van der Waals surface area (Å²) in [6.45, 7) is 2.20. The van der Waals surface area contributed by atoms with E-state index >= 15 is 0 Å². The van der Waals surface area contributed by atoms with E-state index in [1.807, 2.05) is 47.8 Å². The van der Waals surface area contributed by atoms with E-state index in [2.05, 4.69) is 10.4 Å². The number of anilines is 1. The third-order valence-electron chi connectivity index (χ3n) is 5.80. The lowest BCUT2D eigenvalue weighted by molar-refractivity contribution is -0.126. The van der Waals surface area contributed by atoms with Crippen LogP contribution in [0.25, 0.3) is 10.6 Å². The number of nitrogens with zero attached hydrogens (tertiary/aromatic N) is 3. The summed E-state index contributed by atoms with van der Waals surface area (Å²) in [6.07, 6.45) is 0. The third kappa shape index (κ3) is 3.82. The Balaban J connectivity index is 1.54. The molecule has 0 radical (unpaired) electrons. The average Bonchev–Trinajstić information content (AvgIpc) is 3.49. The first-order valence-corrected chi connectivity index (χ1v) is 11.4. The van der Waals surface area contributed by atoms with Crippen molar-refractivity contribution in [1.82, 2.24) is 15.1 Å². The van der Waals surface area contributed by atoms with Crippen LogP contribution < -0.4 is 10.2 Å². The maximum absolute atomic E-state index is 13.7. The predicted molar refractivity (Wildman–Crippen MR) is 125 cm³/mol. The van der Waals surface area contributed by atoms with Gasteiger partial charge in [0.1, 0.15) is 22.7 Å². The van der Waals surface area contributed by atoms with Crippen LogP contribution in [-0.2, 0) is 17.9 Å². The first kappa shape index (κ1) is 21.1. The lowest BCUT2D eigenvalue weighted by Crippen LogP contribution is -2.64. The molecule has 0 saturated carbocycles. The summed E-state index contributed by atoms with van der Waals surface area (Å²) in [7, 11) is 0. The molecule has 0 bridgehead atoms. The Morgan fingerprint density at radius 1 is 1.12 bits per heavy atom. The van der Waals surface area contributed by atoms with Gasteiger partial charge in [-0.2, -0.15) is 5.10 Å². The molecule has 0 unspecified atom stereocenters. The van der Waals surface area contributed by atoms with Gasteiger partial charge in [0, 0.05) is 12.2 Å². The number of rotatable bonds is 5. The second-order valence-electron chi connectivity index (χ2n) is 8.11. The van der Waals surface area contributed by atoms with Crippen molar-refractivity contribution in [3.05, 3.63) is 95.3 Å². The van der Waals surface area contributed by atoms with Crippen molar-refractivity contribution >= 4 is 28.8 Å². The molecule has 33 heavy (non-hydrogen) atoms. The number of carbonyl (C=O) groups excluding carboxylic acids is 2. The number of amides is 2. The Morgan fingerprint density at radius 3 is 2.58 bits per heavy atom. The minimum Gasteiger partial charge on any atom is -0.350 e. The van der Waals surface area contributed by atoms with Gasteiger partial charge in [0.15, 0.2) is 0 Å². The molecule has 0 saturated heterocycles. The normalized spacial score (nSPS) is 17.6. The minimum atomic E-state index is -1.27. The van der Waals surface area contributed by atoms with E-state index in [9.17, 15) is 14.0 Å². The van der Waals surface area contributed by atoms with Gasteiger partial charge in [0.2, 0.25) is 5.91 Å². The van der Waals surface area contributed by atoms with Crippen molar-refractivity contribution in [3.63, 3.8) is 0 Å². The van der Waals surface area contributed by atoms with Crippen molar-refractivity contribution in [2.24, 2.45) is 0 Å². The van der Waals surface area contributed by atoms with Crippen LogP contribution in [0.15, 0.2) is 78.2 Å². The number of hydrogen-bond donors (Lipinski definition) is 1. The average molecular weight is 461 g/mol. The van der Waals surface area contributed by atoms with Crippen LogP contribution in [-0.4, -0.2) is 27.1 Å². The van der Waals surface area contributed by atoms with Crippen molar-refractivity contribution in [2.75, 3.05) is 4.90 Å². The number of fused-ring (bicyclic) bond motifs is 1. The summed E-state index contributed by atoms with van der Waals surface area (Å²) >= 11 is 1.53. The van der Waals surface area contributed by atoms with Gasteiger partial charge < -0.3 is 5.32 Å². The molecule has 5 rings (SSSR count). The number of nitrogens with one attached hydrogen (secondary N) is 1. The molecule has 1 aliphatic heterocycles. The van der Waals surface area contributed by atoms with Crippen LogP contribution in [0.4, 0.5) is 10.1 Å². The van der Waals surface area contributed by atoms with Crippen molar-refractivity contribution in [3.8, 4) is 10.6 Å². The number of thiophene rings is 1. The van der Waals surface area contributed by atoms with Gasteiger partial charge in [0.25, 0.3) is 5.91 Å². The fourth-order valence-corrected chi connectivity index (χ4v) is 4.77. The highest BCUT2D eigenvalue weighted by Crippen LogP contribution is 2.35. The van der Waals surface area contributed by atoms with Gasteiger partial charge in [-0.25, -0.2) is 4.39 Å². The van der Waals surface area contributed by atoms with E-state index < -0.39 is 11.4 Å². The fourth-order valence-electron chi connectivity index (χ4n) is 4.09. The smallest absolute Gasteiger partial charge is 0.277 e. The number of hydrogen-bond acceptors (Lipinski definition) is 4. The molecule has 3 heterocycles. The lowest BCUT2D eigenvalue weighted by atomic mass is 9.94. The Kier molecular flexibility index (Phi) is 5.30. The molecular formula is C25H21FN4O2S. The SMILES string of the molecule is C[C@]1(C(=O)NCc2ccccc2)Cn2nc(-c3cccs3)cc2C(=O)N1c1ccc(F)cc1. The van der Waals surface area contributed by atoms with Crippen molar-refractivity contribution in [1.29, 1.82) is 0 Å². The highest BCUT2D eigenvalue weighted by Gasteiger charge is 2.48. The van der Waals surface area contributed by atoms with Crippen LogP contribution in [0.1, 0.15) is 23.0 Å². The highest BCUT2D eigenvalue weighted by atomic mass is 32.1. The van der Waals surface area contributed by atoms with E-state index in [1.165, 1.54) is 40.5 Å². The second kappa shape index (κ2) is 8.29. The maximum Gasteiger partial charge on any atom is 0.277 e. The minimum absolute atomic E-state index is 0.164. The number of carbonyl (C=O) groups is 2. The number of halogens is 1. The van der Waals surface area contributed by atoms with Crippen LogP contribution in [0, 0.1) is 5.82 Å². The summed E-state index contributed by atoms with van der Waals surface area (Å²) in [6, 6.07) is 20.8. The first-order valence-electron chi connectivity index (χ1n) is 10.5. The molecule has 0 aliphatic carbocycles. The monoisotopic (exact) mass is 460 g/mol. The van der Waals surface area contributed by atoms with Crippen molar-refractivity contribution < 1.29 is 14.0 Å². The largest absolute Gasteiger partial charge is 0.350 e. The molecule has 166 valence electrons. The van der Waals surface area contributed by atoms with Crippen LogP contribution >= 0.6 is 11.3 Å². The second-order valence-corrected chi connectivity index (χ2v) is 9.06. The molecule has 2 amide bonds. The Bertz CT molecular complexity index is 1300. The summed E-state index contributed by atoms with van der Waals surface area (Å²) < 4.78 is 15.2. The standard InChI is InChI=1S/C25H21FN4O2S/c1-25(24(32)27-15-17-6-3-2-4-7-17)16-29-21(14-20(28-29)22-8-5-13-33-22)23(31)30(25)19-11-9-18(26)10-12-19/h2-14H,15-16H2,1H3,(H,27,32)/t25-/m1/s1. The number of aromatic nitrogens is 2. The molecule has 1 N–H and O–H groups in total. The Hall–Kier alpha value is -3.78. The quantitative estimate of drug-likeness (QED) is 0.477. The summed E-state index contributed by atoms with van der Waals surface area (Å²) in [5.41, 5.74) is 1.20. The molecule has 0 fully saturated rings. The summed E-state index contributed by atoms with van der Waals surface area (Å²) in [4.78, 5) is 29.6. The zero-order valence-electron chi connectivity index (χ0n) is 17.9. The van der Waals surface area contributed by atoms with E-state index in [4.69, 9.17) is 0 Å². The topological polar surface area (TPSA) is 67.2 Å². The van der Waals surface area contributed by atoms with Gasteiger partial charge in [-0.05, 0) is 54.3 Å². The van der Waals surface area contributed by atoms with E-state index in [1.54, 1.807) is 17.7 Å². The third-order valence-corrected chi connectivity index (χ3v) is 6.69. The molecule has 4 aromatic rings. The molecule has 2 aromatic heterocycles. The molecule has 8 heteroatoms. The van der Waals surface area contributed by atoms with E-state index in [0.717, 1.165) is 10.4 Å². The van der Waals surface area contributed by atoms with Crippen LogP contribution in [0.5, 0.6) is 0 Å². The van der Waals surface area contributed by atoms with Gasteiger partial charge in [-0.3, -0.25) is 19.2 Å². The molecule has 1 aliphatic rings. The highest BCUT2D eigenvalue weighted by molar-refractivity contribution is 7.13. The van der Waals surface area contributed by atoms with Gasteiger partial charge >= 0.3 is 0 Å². The fraction of sp³-hybridized carbons (Fsp3) is 0.160. The Morgan fingerprint density at radius 2 is 1.88 bits per heavy atom. The summed E-state index contributed by atoms with van der Waals surface area (Å²) in [5, 5.41) is 9.53. The van der Waals surface area contributed by atoms with Crippen LogP contribution in [0.2, 0.25) is 0 Å². The van der Waals surface area contributed by atoms with E-state index in [0.29, 0.717) is 23.6 Å². The van der Waals surface area contributed by atoms with Crippen molar-refractivity contribution in [2.45, 2.75) is 25.6 Å². The zero-order valence-corrected chi connectivity index (χ0v) is 18.7. The van der Waals surface area contributed by atoms with E-state index in [-0.39, 0.29) is 18.4 Å².